The maximum atomic E-state index is 13.2. The summed E-state index contributed by atoms with van der Waals surface area (Å²) >= 11 is 12.1. The molecule has 1 heterocycles. The van der Waals surface area contributed by atoms with E-state index in [2.05, 4.69) is 5.32 Å². The lowest BCUT2D eigenvalue weighted by molar-refractivity contribution is -0.137. The van der Waals surface area contributed by atoms with E-state index in [-0.39, 0.29) is 22.0 Å². The van der Waals surface area contributed by atoms with Crippen LogP contribution in [0.25, 0.3) is 0 Å². The second-order valence-electron chi connectivity index (χ2n) is 8.09. The van der Waals surface area contributed by atoms with E-state index >= 15 is 0 Å². The summed E-state index contributed by atoms with van der Waals surface area (Å²) in [4.78, 5) is 38.7. The fourth-order valence-electron chi connectivity index (χ4n) is 3.52. The van der Waals surface area contributed by atoms with Crippen molar-refractivity contribution in [2.75, 3.05) is 10.2 Å². The Kier molecular flexibility index (Phi) is 7.03. The molecule has 0 bridgehead atoms. The summed E-state index contributed by atoms with van der Waals surface area (Å²) in [5.74, 6) is -2.21. The van der Waals surface area contributed by atoms with Gasteiger partial charge in [-0.1, -0.05) is 35.3 Å². The molecule has 6 nitrogen and oxygen atoms in total. The molecule has 1 aliphatic heterocycles. The standard InChI is InChI=1S/C26H17Cl2F3N2O4/c1-13-4-3-5-20(14(13)2)37-25(36)15-6-9-17(10-7-15)32-22-21(28)23(34)33(24(22)35)19-12-16(26(29,30)31)8-11-18(19)27/h3-12,32H,1-2H3. The van der Waals surface area contributed by atoms with Gasteiger partial charge >= 0.3 is 12.1 Å². The maximum Gasteiger partial charge on any atom is 0.416 e. The molecular formula is C26H17Cl2F3N2O4. The van der Waals surface area contributed by atoms with Crippen LogP contribution in [0.3, 0.4) is 0 Å². The Balaban J connectivity index is 1.53. The highest BCUT2D eigenvalue weighted by Gasteiger charge is 2.41. The fourth-order valence-corrected chi connectivity index (χ4v) is 3.93. The third-order valence-corrected chi connectivity index (χ3v) is 6.36. The Hall–Kier alpha value is -3.82. The molecule has 37 heavy (non-hydrogen) atoms. The Labute approximate surface area is 219 Å². The van der Waals surface area contributed by atoms with Crippen LogP contribution < -0.4 is 15.0 Å². The number of benzene rings is 3. The van der Waals surface area contributed by atoms with Crippen molar-refractivity contribution in [2.45, 2.75) is 20.0 Å². The molecular weight excluding hydrogens is 532 g/mol. The number of aryl methyl sites for hydroxylation is 1. The Morgan fingerprint density at radius 1 is 0.946 bits per heavy atom. The minimum absolute atomic E-state index is 0.220. The topological polar surface area (TPSA) is 75.7 Å². The van der Waals surface area contributed by atoms with Crippen molar-refractivity contribution in [2.24, 2.45) is 0 Å². The van der Waals surface area contributed by atoms with Gasteiger partial charge in [0.05, 0.1) is 21.8 Å². The SMILES string of the molecule is Cc1cccc(OC(=O)c2ccc(NC3=C(Cl)C(=O)N(c4cc(C(F)(F)F)ccc4Cl)C3=O)cc2)c1C. The average molecular weight is 549 g/mol. The first-order valence-electron chi connectivity index (χ1n) is 10.7. The molecule has 2 amide bonds. The van der Waals surface area contributed by atoms with Crippen molar-refractivity contribution in [3.05, 3.63) is 98.7 Å². The maximum absolute atomic E-state index is 13.2. The molecule has 0 aliphatic carbocycles. The molecule has 0 saturated heterocycles. The van der Waals surface area contributed by atoms with Gasteiger partial charge in [0.2, 0.25) is 0 Å². The van der Waals surface area contributed by atoms with E-state index in [0.717, 1.165) is 23.3 Å². The number of hydrogen-bond donors (Lipinski definition) is 1. The first-order chi connectivity index (χ1) is 17.4. The molecule has 0 fully saturated rings. The van der Waals surface area contributed by atoms with Crippen LogP contribution in [0.4, 0.5) is 24.5 Å². The molecule has 0 spiro atoms. The predicted molar refractivity (Wildman–Crippen MR) is 133 cm³/mol. The minimum atomic E-state index is -4.72. The molecule has 11 heteroatoms. The van der Waals surface area contributed by atoms with Crippen LogP contribution in [-0.4, -0.2) is 17.8 Å². The highest BCUT2D eigenvalue weighted by Crippen LogP contribution is 2.38. The van der Waals surface area contributed by atoms with Crippen LogP contribution in [0.1, 0.15) is 27.0 Å². The first-order valence-corrected chi connectivity index (χ1v) is 11.4. The van der Waals surface area contributed by atoms with E-state index < -0.39 is 40.2 Å². The van der Waals surface area contributed by atoms with Gasteiger partial charge in [-0.2, -0.15) is 13.2 Å². The van der Waals surface area contributed by atoms with Crippen molar-refractivity contribution in [3.8, 4) is 5.75 Å². The number of hydrogen-bond acceptors (Lipinski definition) is 5. The van der Waals surface area contributed by atoms with Crippen molar-refractivity contribution < 1.29 is 32.3 Å². The fraction of sp³-hybridized carbons (Fsp3) is 0.115. The van der Waals surface area contributed by atoms with E-state index in [4.69, 9.17) is 27.9 Å². The Bertz CT molecular complexity index is 1470. The van der Waals surface area contributed by atoms with Gasteiger partial charge in [-0.05, 0) is 73.5 Å². The lowest BCUT2D eigenvalue weighted by atomic mass is 10.1. The second-order valence-corrected chi connectivity index (χ2v) is 8.87. The summed E-state index contributed by atoms with van der Waals surface area (Å²) in [5, 5.41) is 1.91. The lowest BCUT2D eigenvalue weighted by Crippen LogP contribution is -2.32. The molecule has 1 aliphatic rings. The zero-order valence-electron chi connectivity index (χ0n) is 19.2. The normalized spacial score (nSPS) is 13.9. The highest BCUT2D eigenvalue weighted by molar-refractivity contribution is 6.53. The Morgan fingerprint density at radius 3 is 2.27 bits per heavy atom. The van der Waals surface area contributed by atoms with Crippen molar-refractivity contribution in [1.29, 1.82) is 0 Å². The molecule has 0 aromatic heterocycles. The van der Waals surface area contributed by atoms with Gasteiger partial charge in [0.15, 0.2) is 0 Å². The molecule has 0 saturated carbocycles. The smallest absolute Gasteiger partial charge is 0.416 e. The number of rotatable bonds is 5. The van der Waals surface area contributed by atoms with Gasteiger partial charge in [-0.3, -0.25) is 9.59 Å². The van der Waals surface area contributed by atoms with Crippen LogP contribution in [0, 0.1) is 13.8 Å². The summed E-state index contributed by atoms with van der Waals surface area (Å²) in [6, 6.07) is 13.4. The minimum Gasteiger partial charge on any atom is -0.423 e. The molecule has 3 aromatic rings. The molecule has 0 atom stereocenters. The zero-order chi connectivity index (χ0) is 27.1. The van der Waals surface area contributed by atoms with Crippen molar-refractivity contribution in [3.63, 3.8) is 0 Å². The van der Waals surface area contributed by atoms with Crippen LogP contribution in [-0.2, 0) is 15.8 Å². The van der Waals surface area contributed by atoms with Crippen LogP contribution >= 0.6 is 23.2 Å². The monoisotopic (exact) mass is 548 g/mol. The van der Waals surface area contributed by atoms with E-state index in [9.17, 15) is 27.6 Å². The third-order valence-electron chi connectivity index (χ3n) is 5.69. The molecule has 3 aromatic carbocycles. The average Bonchev–Trinajstić information content (AvgIpc) is 3.05. The largest absolute Gasteiger partial charge is 0.423 e. The van der Waals surface area contributed by atoms with Gasteiger partial charge in [0.1, 0.15) is 16.5 Å². The number of amides is 2. The number of ether oxygens (including phenoxy) is 1. The van der Waals surface area contributed by atoms with Gasteiger partial charge < -0.3 is 10.1 Å². The Morgan fingerprint density at radius 2 is 1.62 bits per heavy atom. The number of alkyl halides is 3. The van der Waals surface area contributed by atoms with Gasteiger partial charge in [-0.25, -0.2) is 9.69 Å². The summed E-state index contributed by atoms with van der Waals surface area (Å²) < 4.78 is 44.9. The molecule has 1 N–H and O–H groups in total. The zero-order valence-corrected chi connectivity index (χ0v) is 20.8. The second kappa shape index (κ2) is 9.91. The number of nitrogens with one attached hydrogen (secondary N) is 1. The number of nitrogens with zero attached hydrogens (tertiary/aromatic N) is 1. The molecule has 0 unspecified atom stereocenters. The van der Waals surface area contributed by atoms with Gasteiger partial charge in [0, 0.05) is 5.69 Å². The summed E-state index contributed by atoms with van der Waals surface area (Å²) in [6.07, 6.45) is -4.72. The van der Waals surface area contributed by atoms with Crippen molar-refractivity contribution in [1.82, 2.24) is 0 Å². The molecule has 0 radical (unpaired) electrons. The van der Waals surface area contributed by atoms with E-state index in [1.807, 2.05) is 19.9 Å². The van der Waals surface area contributed by atoms with E-state index in [1.54, 1.807) is 12.1 Å². The van der Waals surface area contributed by atoms with Gasteiger partial charge in [0.25, 0.3) is 11.8 Å². The summed E-state index contributed by atoms with van der Waals surface area (Å²) in [5.41, 5.74) is 0.398. The van der Waals surface area contributed by atoms with E-state index in [0.29, 0.717) is 16.7 Å². The number of esters is 1. The highest BCUT2D eigenvalue weighted by atomic mass is 35.5. The van der Waals surface area contributed by atoms with Crippen LogP contribution in [0.15, 0.2) is 71.4 Å². The predicted octanol–water partition coefficient (Wildman–Crippen LogP) is 6.63. The van der Waals surface area contributed by atoms with Gasteiger partial charge in [-0.15, -0.1) is 0 Å². The number of carbonyl (C=O) groups is 3. The number of anilines is 2. The number of imide groups is 1. The quantitative estimate of drug-likeness (QED) is 0.220. The van der Waals surface area contributed by atoms with E-state index in [1.165, 1.54) is 24.3 Å². The van der Waals surface area contributed by atoms with Crippen LogP contribution in [0.2, 0.25) is 5.02 Å². The number of carbonyl (C=O) groups excluding carboxylic acids is 3. The van der Waals surface area contributed by atoms with Crippen molar-refractivity contribution >= 4 is 52.4 Å². The first kappa shape index (κ1) is 26.2. The molecule has 190 valence electrons. The third kappa shape index (κ3) is 5.19. The summed E-state index contributed by atoms with van der Waals surface area (Å²) in [7, 11) is 0. The number of halogens is 5. The van der Waals surface area contributed by atoms with Crippen LogP contribution in [0.5, 0.6) is 5.75 Å². The molecule has 4 rings (SSSR count). The summed E-state index contributed by atoms with van der Waals surface area (Å²) in [6.45, 7) is 3.72. The lowest BCUT2D eigenvalue weighted by Gasteiger charge is -2.18.